The van der Waals surface area contributed by atoms with Crippen molar-refractivity contribution < 1.29 is 17.9 Å². The fourth-order valence-corrected chi connectivity index (χ4v) is 5.72. The third-order valence-electron chi connectivity index (χ3n) is 5.31. The van der Waals surface area contributed by atoms with E-state index in [4.69, 9.17) is 4.74 Å². The van der Waals surface area contributed by atoms with Crippen molar-refractivity contribution in [2.75, 3.05) is 22.8 Å². The first-order valence-electron chi connectivity index (χ1n) is 10.2. The van der Waals surface area contributed by atoms with Crippen molar-refractivity contribution in [1.82, 2.24) is 0 Å². The lowest BCUT2D eigenvalue weighted by Gasteiger charge is -2.30. The minimum atomic E-state index is -3.70. The van der Waals surface area contributed by atoms with Crippen molar-refractivity contribution in [2.45, 2.75) is 24.7 Å². The van der Waals surface area contributed by atoms with Crippen LogP contribution in [0.1, 0.15) is 17.5 Å². The zero-order chi connectivity index (χ0) is 22.7. The number of sulfonamides is 1. The number of para-hydroxylation sites is 2. The van der Waals surface area contributed by atoms with Gasteiger partial charge in [0, 0.05) is 11.0 Å². The molecule has 0 aliphatic carbocycles. The predicted molar refractivity (Wildman–Crippen MR) is 129 cm³/mol. The summed E-state index contributed by atoms with van der Waals surface area (Å²) in [5.41, 5.74) is 3.07. The molecule has 166 valence electrons. The summed E-state index contributed by atoms with van der Waals surface area (Å²) < 4.78 is 34.6. The normalized spacial score (nSPS) is 13.4. The Balaban J connectivity index is 1.48. The van der Waals surface area contributed by atoms with Crippen LogP contribution >= 0.6 is 15.9 Å². The van der Waals surface area contributed by atoms with Gasteiger partial charge in [0.05, 0.1) is 16.3 Å². The number of hydrogen-bond acceptors (Lipinski definition) is 4. The molecule has 32 heavy (non-hydrogen) atoms. The number of aryl methyl sites for hydroxylation is 2. The molecule has 0 spiro atoms. The van der Waals surface area contributed by atoms with E-state index in [9.17, 15) is 13.2 Å². The van der Waals surface area contributed by atoms with E-state index in [1.54, 1.807) is 25.1 Å². The second kappa shape index (κ2) is 9.34. The molecule has 0 saturated heterocycles. The maximum absolute atomic E-state index is 13.3. The molecule has 1 aliphatic heterocycles. The van der Waals surface area contributed by atoms with Gasteiger partial charge < -0.3 is 10.1 Å². The lowest BCUT2D eigenvalue weighted by molar-refractivity contribution is -0.118. The van der Waals surface area contributed by atoms with Gasteiger partial charge in [-0.1, -0.05) is 30.3 Å². The van der Waals surface area contributed by atoms with E-state index in [1.165, 1.54) is 10.4 Å². The smallest absolute Gasteiger partial charge is 0.264 e. The van der Waals surface area contributed by atoms with Gasteiger partial charge in [-0.25, -0.2) is 8.42 Å². The standard InChI is InChI=1S/C24H23BrN2O4S/c1-17-15-19(32(29,30)27-14-6-8-18-7-2-5-11-22(18)27)12-13-23(17)31-16-24(28)26-21-10-4-3-9-20(21)25/h2-5,7,9-13,15H,6,8,14,16H2,1H3,(H,26,28). The molecule has 1 N–H and O–H groups in total. The third kappa shape index (κ3) is 4.66. The van der Waals surface area contributed by atoms with Crippen LogP contribution in [0.5, 0.6) is 5.75 Å². The molecule has 4 rings (SSSR count). The molecule has 0 fully saturated rings. The van der Waals surface area contributed by atoms with Gasteiger partial charge in [-0.3, -0.25) is 9.10 Å². The van der Waals surface area contributed by atoms with E-state index in [0.717, 1.165) is 28.6 Å². The Labute approximate surface area is 196 Å². The summed E-state index contributed by atoms with van der Waals surface area (Å²) in [6.07, 6.45) is 1.65. The summed E-state index contributed by atoms with van der Waals surface area (Å²) in [7, 11) is -3.70. The van der Waals surface area contributed by atoms with Crippen molar-refractivity contribution in [2.24, 2.45) is 0 Å². The summed E-state index contributed by atoms with van der Waals surface area (Å²) in [6.45, 7) is 2.03. The molecule has 0 unspecified atom stereocenters. The van der Waals surface area contributed by atoms with Crippen LogP contribution in [-0.2, 0) is 21.2 Å². The van der Waals surface area contributed by atoms with Gasteiger partial charge in [-0.05, 0) is 83.2 Å². The lowest BCUT2D eigenvalue weighted by Crippen LogP contribution is -2.35. The van der Waals surface area contributed by atoms with Crippen LogP contribution in [0.15, 0.2) is 76.1 Å². The van der Waals surface area contributed by atoms with Crippen LogP contribution in [0, 0.1) is 6.92 Å². The van der Waals surface area contributed by atoms with Gasteiger partial charge in [0.25, 0.3) is 15.9 Å². The van der Waals surface area contributed by atoms with E-state index < -0.39 is 10.0 Å². The topological polar surface area (TPSA) is 75.7 Å². The Morgan fingerprint density at radius 2 is 1.84 bits per heavy atom. The van der Waals surface area contributed by atoms with Crippen molar-refractivity contribution in [3.63, 3.8) is 0 Å². The van der Waals surface area contributed by atoms with E-state index in [0.29, 0.717) is 23.5 Å². The van der Waals surface area contributed by atoms with Crippen molar-refractivity contribution >= 4 is 43.2 Å². The molecule has 8 heteroatoms. The average molecular weight is 515 g/mol. The number of nitrogens with one attached hydrogen (secondary N) is 1. The van der Waals surface area contributed by atoms with Crippen LogP contribution in [0.2, 0.25) is 0 Å². The Morgan fingerprint density at radius 3 is 2.62 bits per heavy atom. The highest BCUT2D eigenvalue weighted by molar-refractivity contribution is 9.10. The number of hydrogen-bond donors (Lipinski definition) is 1. The van der Waals surface area contributed by atoms with Crippen LogP contribution in [0.3, 0.4) is 0 Å². The number of fused-ring (bicyclic) bond motifs is 1. The fraction of sp³-hybridized carbons (Fsp3) is 0.208. The van der Waals surface area contributed by atoms with Crippen molar-refractivity contribution in [3.8, 4) is 5.75 Å². The van der Waals surface area contributed by atoms with Gasteiger partial charge in [0.1, 0.15) is 5.75 Å². The highest BCUT2D eigenvalue weighted by Crippen LogP contribution is 2.33. The number of nitrogens with zero attached hydrogens (tertiary/aromatic N) is 1. The Bertz CT molecular complexity index is 1260. The highest BCUT2D eigenvalue weighted by Gasteiger charge is 2.29. The molecular formula is C24H23BrN2O4S. The Kier molecular flexibility index (Phi) is 6.53. The Hall–Kier alpha value is -2.84. The molecule has 1 amide bonds. The number of amides is 1. The minimum absolute atomic E-state index is 0.187. The number of rotatable bonds is 6. The Morgan fingerprint density at radius 1 is 1.09 bits per heavy atom. The van der Waals surface area contributed by atoms with E-state index in [1.807, 2.05) is 42.5 Å². The fourth-order valence-electron chi connectivity index (χ4n) is 3.71. The molecule has 1 aliphatic rings. The highest BCUT2D eigenvalue weighted by atomic mass is 79.9. The minimum Gasteiger partial charge on any atom is -0.483 e. The van der Waals surface area contributed by atoms with E-state index >= 15 is 0 Å². The molecular weight excluding hydrogens is 492 g/mol. The number of ether oxygens (including phenoxy) is 1. The first kappa shape index (κ1) is 22.4. The van der Waals surface area contributed by atoms with E-state index in [-0.39, 0.29) is 17.4 Å². The molecule has 3 aromatic rings. The number of carbonyl (C=O) groups excluding carboxylic acids is 1. The van der Waals surface area contributed by atoms with Gasteiger partial charge in [0.15, 0.2) is 6.61 Å². The van der Waals surface area contributed by atoms with Crippen LogP contribution in [-0.4, -0.2) is 27.5 Å². The van der Waals surface area contributed by atoms with Crippen LogP contribution in [0.4, 0.5) is 11.4 Å². The van der Waals surface area contributed by atoms with E-state index in [2.05, 4.69) is 21.2 Å². The van der Waals surface area contributed by atoms with Crippen LogP contribution < -0.4 is 14.4 Å². The first-order chi connectivity index (χ1) is 15.4. The largest absolute Gasteiger partial charge is 0.483 e. The SMILES string of the molecule is Cc1cc(S(=O)(=O)N2CCCc3ccccc32)ccc1OCC(=O)Nc1ccccc1Br. The van der Waals surface area contributed by atoms with Gasteiger partial charge in [-0.15, -0.1) is 0 Å². The lowest BCUT2D eigenvalue weighted by atomic mass is 10.0. The predicted octanol–water partition coefficient (Wildman–Crippen LogP) is 4.92. The quantitative estimate of drug-likeness (QED) is 0.506. The summed E-state index contributed by atoms with van der Waals surface area (Å²) in [5, 5.41) is 2.77. The third-order valence-corrected chi connectivity index (χ3v) is 7.81. The van der Waals surface area contributed by atoms with Gasteiger partial charge >= 0.3 is 0 Å². The van der Waals surface area contributed by atoms with Crippen LogP contribution in [0.25, 0.3) is 0 Å². The number of anilines is 2. The van der Waals surface area contributed by atoms with Gasteiger partial charge in [0.2, 0.25) is 0 Å². The molecule has 6 nitrogen and oxygen atoms in total. The molecule has 1 heterocycles. The molecule has 0 atom stereocenters. The molecule has 0 radical (unpaired) electrons. The molecule has 0 saturated carbocycles. The summed E-state index contributed by atoms with van der Waals surface area (Å²) in [4.78, 5) is 12.4. The first-order valence-corrected chi connectivity index (χ1v) is 12.5. The molecule has 0 bridgehead atoms. The second-order valence-corrected chi connectivity index (χ2v) is 10.3. The zero-order valence-electron chi connectivity index (χ0n) is 17.5. The average Bonchev–Trinajstić information content (AvgIpc) is 2.79. The number of carbonyl (C=O) groups is 1. The van der Waals surface area contributed by atoms with Crippen molar-refractivity contribution in [3.05, 3.63) is 82.3 Å². The van der Waals surface area contributed by atoms with Gasteiger partial charge in [-0.2, -0.15) is 0 Å². The summed E-state index contributed by atoms with van der Waals surface area (Å²) in [6, 6.07) is 19.6. The maximum Gasteiger partial charge on any atom is 0.264 e. The summed E-state index contributed by atoms with van der Waals surface area (Å²) >= 11 is 3.39. The maximum atomic E-state index is 13.3. The summed E-state index contributed by atoms with van der Waals surface area (Å²) in [5.74, 6) is 0.156. The van der Waals surface area contributed by atoms with Crippen molar-refractivity contribution in [1.29, 1.82) is 0 Å². The molecule has 3 aromatic carbocycles. The zero-order valence-corrected chi connectivity index (χ0v) is 19.9. The number of halogens is 1. The monoisotopic (exact) mass is 514 g/mol. The molecule has 0 aromatic heterocycles. The number of benzene rings is 3. The second-order valence-electron chi connectivity index (χ2n) is 7.55.